The maximum absolute atomic E-state index is 13.0. The van der Waals surface area contributed by atoms with Gasteiger partial charge in [0.05, 0.1) is 23.6 Å². The van der Waals surface area contributed by atoms with Crippen LogP contribution in [0.5, 0.6) is 0 Å². The van der Waals surface area contributed by atoms with Gasteiger partial charge in [-0.3, -0.25) is 9.59 Å². The number of fused-ring (bicyclic) bond motifs is 1. The standard InChI is InChI=1S/C27H41N3O4/c1-17(2)13-24(31)25(32)23(14-19-9-5-4-6-10-19)30-26(33)18(3)15-29-27(34)21-16-28-22-12-8-7-11-20(21)22/h7-8,11-12,16-19,23-25,28,31-32H,4-6,9-10,13-15H2,1-3H3,(H,29,34)(H,30,33)/t18-,23-,24-,25+/m0/s1. The molecule has 7 heteroatoms. The first-order valence-electron chi connectivity index (χ1n) is 12.8. The Kier molecular flexibility index (Phi) is 9.54. The summed E-state index contributed by atoms with van der Waals surface area (Å²) in [5, 5.41) is 28.1. The zero-order valence-corrected chi connectivity index (χ0v) is 20.7. The van der Waals surface area contributed by atoms with Gasteiger partial charge in [0, 0.05) is 23.6 Å². The largest absolute Gasteiger partial charge is 0.390 e. The molecule has 0 spiro atoms. The lowest BCUT2D eigenvalue weighted by molar-refractivity contribution is -0.127. The Hall–Kier alpha value is -2.38. The number of hydrogen-bond donors (Lipinski definition) is 5. The maximum atomic E-state index is 13.0. The van der Waals surface area contributed by atoms with Crippen molar-refractivity contribution in [1.82, 2.24) is 15.6 Å². The van der Waals surface area contributed by atoms with Gasteiger partial charge < -0.3 is 25.8 Å². The number of aliphatic hydroxyl groups is 2. The number of carbonyl (C=O) groups is 2. The van der Waals surface area contributed by atoms with Gasteiger partial charge in [0.15, 0.2) is 0 Å². The monoisotopic (exact) mass is 471 g/mol. The van der Waals surface area contributed by atoms with Crippen molar-refractivity contribution >= 4 is 22.7 Å². The molecule has 2 amide bonds. The SMILES string of the molecule is CC(C)C[C@H](O)[C@H](O)[C@H](CC1CCCCC1)NC(=O)[C@@H](C)CNC(=O)c1c[nH]c2ccccc12. The first-order chi connectivity index (χ1) is 16.3. The van der Waals surface area contributed by atoms with Crippen LogP contribution >= 0.6 is 0 Å². The number of rotatable bonds is 11. The number of aromatic amines is 1. The van der Waals surface area contributed by atoms with Crippen molar-refractivity contribution in [3.63, 3.8) is 0 Å². The van der Waals surface area contributed by atoms with E-state index in [9.17, 15) is 19.8 Å². The number of hydrogen-bond acceptors (Lipinski definition) is 4. The van der Waals surface area contributed by atoms with E-state index < -0.39 is 24.2 Å². The summed E-state index contributed by atoms with van der Waals surface area (Å²) in [7, 11) is 0. The average molecular weight is 472 g/mol. The molecule has 34 heavy (non-hydrogen) atoms. The predicted octanol–water partition coefficient (Wildman–Crippen LogP) is 3.76. The second kappa shape index (κ2) is 12.4. The van der Waals surface area contributed by atoms with Crippen LogP contribution in [0.1, 0.15) is 76.1 Å². The molecular weight excluding hydrogens is 430 g/mol. The minimum absolute atomic E-state index is 0.185. The highest BCUT2D eigenvalue weighted by Crippen LogP contribution is 2.29. The summed E-state index contributed by atoms with van der Waals surface area (Å²) in [4.78, 5) is 28.8. The van der Waals surface area contributed by atoms with E-state index in [1.807, 2.05) is 38.1 Å². The maximum Gasteiger partial charge on any atom is 0.253 e. The number of amides is 2. The molecule has 1 fully saturated rings. The molecule has 0 unspecified atom stereocenters. The summed E-state index contributed by atoms with van der Waals surface area (Å²) in [6, 6.07) is 7.08. The molecule has 0 bridgehead atoms. The van der Waals surface area contributed by atoms with Crippen molar-refractivity contribution in [3.05, 3.63) is 36.0 Å². The Bertz CT molecular complexity index is 935. The molecule has 0 saturated heterocycles. The molecule has 7 nitrogen and oxygen atoms in total. The van der Waals surface area contributed by atoms with E-state index in [4.69, 9.17) is 0 Å². The topological polar surface area (TPSA) is 114 Å². The van der Waals surface area contributed by atoms with Gasteiger partial charge in [-0.15, -0.1) is 0 Å². The smallest absolute Gasteiger partial charge is 0.253 e. The first-order valence-corrected chi connectivity index (χ1v) is 12.8. The van der Waals surface area contributed by atoms with Gasteiger partial charge in [0.25, 0.3) is 5.91 Å². The van der Waals surface area contributed by atoms with E-state index in [1.54, 1.807) is 13.1 Å². The highest BCUT2D eigenvalue weighted by molar-refractivity contribution is 6.06. The second-order valence-corrected chi connectivity index (χ2v) is 10.4. The summed E-state index contributed by atoms with van der Waals surface area (Å²) in [5.41, 5.74) is 1.43. The van der Waals surface area contributed by atoms with Gasteiger partial charge in [-0.05, 0) is 30.7 Å². The van der Waals surface area contributed by atoms with E-state index in [2.05, 4.69) is 15.6 Å². The molecule has 1 heterocycles. The molecule has 188 valence electrons. The zero-order valence-electron chi connectivity index (χ0n) is 20.7. The Morgan fingerprint density at radius 2 is 1.79 bits per heavy atom. The van der Waals surface area contributed by atoms with E-state index in [0.29, 0.717) is 24.3 Å². The summed E-state index contributed by atoms with van der Waals surface area (Å²) < 4.78 is 0. The van der Waals surface area contributed by atoms with Crippen LogP contribution in [0, 0.1) is 17.8 Å². The molecule has 3 rings (SSSR count). The molecule has 2 aromatic rings. The molecule has 1 aliphatic rings. The van der Waals surface area contributed by atoms with Gasteiger partial charge in [-0.25, -0.2) is 0 Å². The van der Waals surface area contributed by atoms with E-state index in [-0.39, 0.29) is 24.3 Å². The van der Waals surface area contributed by atoms with Crippen molar-refractivity contribution in [2.75, 3.05) is 6.54 Å². The lowest BCUT2D eigenvalue weighted by Gasteiger charge is -2.33. The molecule has 1 saturated carbocycles. The van der Waals surface area contributed by atoms with Crippen LogP contribution in [0.3, 0.4) is 0 Å². The second-order valence-electron chi connectivity index (χ2n) is 10.4. The number of aromatic nitrogens is 1. The third-order valence-corrected chi connectivity index (χ3v) is 7.01. The molecule has 4 atom stereocenters. The first kappa shape index (κ1) is 26.2. The van der Waals surface area contributed by atoms with Gasteiger partial charge >= 0.3 is 0 Å². The van der Waals surface area contributed by atoms with Crippen LogP contribution in [0.2, 0.25) is 0 Å². The summed E-state index contributed by atoms with van der Waals surface area (Å²) >= 11 is 0. The number of H-pyrrole nitrogens is 1. The van der Waals surface area contributed by atoms with Crippen LogP contribution in [0.15, 0.2) is 30.5 Å². The Morgan fingerprint density at radius 1 is 1.09 bits per heavy atom. The molecule has 1 aromatic heterocycles. The van der Waals surface area contributed by atoms with Gasteiger partial charge in [-0.2, -0.15) is 0 Å². The molecular formula is C27H41N3O4. The number of benzene rings is 1. The molecule has 1 aromatic carbocycles. The molecule has 0 aliphatic heterocycles. The fraction of sp³-hybridized carbons (Fsp3) is 0.630. The van der Waals surface area contributed by atoms with Gasteiger partial charge in [-0.1, -0.05) is 71.1 Å². The number of carbonyl (C=O) groups excluding carboxylic acids is 2. The highest BCUT2D eigenvalue weighted by Gasteiger charge is 2.32. The number of aliphatic hydroxyl groups excluding tert-OH is 2. The summed E-state index contributed by atoms with van der Waals surface area (Å²) in [6.07, 6.45) is 6.69. The average Bonchev–Trinajstić information content (AvgIpc) is 3.26. The molecule has 1 aliphatic carbocycles. The fourth-order valence-electron chi connectivity index (χ4n) is 4.97. The van der Waals surface area contributed by atoms with Crippen LogP contribution in [-0.4, -0.2) is 51.8 Å². The van der Waals surface area contributed by atoms with Crippen molar-refractivity contribution in [2.45, 2.75) is 84.0 Å². The Labute approximate surface area is 202 Å². The number of para-hydroxylation sites is 1. The summed E-state index contributed by atoms with van der Waals surface area (Å²) in [5.74, 6) is -0.248. The van der Waals surface area contributed by atoms with Crippen LogP contribution in [-0.2, 0) is 4.79 Å². The van der Waals surface area contributed by atoms with E-state index in [1.165, 1.54) is 19.3 Å². The minimum atomic E-state index is -1.01. The minimum Gasteiger partial charge on any atom is -0.390 e. The zero-order chi connectivity index (χ0) is 24.7. The van der Waals surface area contributed by atoms with Crippen molar-refractivity contribution in [3.8, 4) is 0 Å². The van der Waals surface area contributed by atoms with Gasteiger partial charge in [0.1, 0.15) is 6.10 Å². The van der Waals surface area contributed by atoms with Crippen molar-refractivity contribution in [1.29, 1.82) is 0 Å². The van der Waals surface area contributed by atoms with Crippen LogP contribution in [0.25, 0.3) is 10.9 Å². The molecule has 0 radical (unpaired) electrons. The van der Waals surface area contributed by atoms with Crippen LogP contribution < -0.4 is 10.6 Å². The number of nitrogens with one attached hydrogen (secondary N) is 3. The normalized spacial score (nSPS) is 18.4. The summed E-state index contributed by atoms with van der Waals surface area (Å²) in [6.45, 7) is 5.96. The van der Waals surface area contributed by atoms with Crippen molar-refractivity contribution < 1.29 is 19.8 Å². The van der Waals surface area contributed by atoms with Gasteiger partial charge in [0.2, 0.25) is 5.91 Å². The third kappa shape index (κ3) is 7.06. The van der Waals surface area contributed by atoms with Crippen LogP contribution in [0.4, 0.5) is 0 Å². The lowest BCUT2D eigenvalue weighted by atomic mass is 9.82. The Balaban J connectivity index is 1.59. The Morgan fingerprint density at radius 3 is 2.50 bits per heavy atom. The van der Waals surface area contributed by atoms with E-state index >= 15 is 0 Å². The fourth-order valence-corrected chi connectivity index (χ4v) is 4.97. The lowest BCUT2D eigenvalue weighted by Crippen LogP contribution is -2.52. The molecule has 5 N–H and O–H groups in total. The van der Waals surface area contributed by atoms with E-state index in [0.717, 1.165) is 23.7 Å². The van der Waals surface area contributed by atoms with Crippen molar-refractivity contribution in [2.24, 2.45) is 17.8 Å². The predicted molar refractivity (Wildman–Crippen MR) is 134 cm³/mol. The third-order valence-electron chi connectivity index (χ3n) is 7.01. The quantitative estimate of drug-likeness (QED) is 0.343. The highest BCUT2D eigenvalue weighted by atomic mass is 16.3.